The molecule has 1 aliphatic rings. The molecule has 1 heterocycles. The van der Waals surface area contributed by atoms with Crippen molar-refractivity contribution in [3.63, 3.8) is 0 Å². The van der Waals surface area contributed by atoms with Gasteiger partial charge in [-0.25, -0.2) is 0 Å². The maximum atomic E-state index is 12.0. The Kier molecular flexibility index (Phi) is 20.7. The molecule has 1 fully saturated rings. The number of hydrogen-bond donors (Lipinski definition) is 4. The number of carbonyl (C=O) groups excluding carboxylic acids is 1. The second-order valence-electron chi connectivity index (χ2n) is 9.55. The molecular formula is C30H50O9. The lowest BCUT2D eigenvalue weighted by atomic mass is 9.99. The summed E-state index contributed by atoms with van der Waals surface area (Å²) in [5.41, 5.74) is 0. The maximum absolute atomic E-state index is 12.0. The van der Waals surface area contributed by atoms with E-state index in [0.29, 0.717) is 6.42 Å². The number of ether oxygens (including phenoxy) is 4. The van der Waals surface area contributed by atoms with Gasteiger partial charge in [0.05, 0.1) is 13.2 Å². The summed E-state index contributed by atoms with van der Waals surface area (Å²) >= 11 is 0. The number of unbranched alkanes of at least 4 members (excludes halogenated alkanes) is 4. The first-order valence-corrected chi connectivity index (χ1v) is 14.1. The van der Waals surface area contributed by atoms with Crippen LogP contribution < -0.4 is 0 Å². The second-order valence-corrected chi connectivity index (χ2v) is 9.55. The molecule has 0 aromatic carbocycles. The fourth-order valence-corrected chi connectivity index (χ4v) is 3.77. The lowest BCUT2D eigenvalue weighted by molar-refractivity contribution is -0.305. The highest BCUT2D eigenvalue weighted by Gasteiger charge is 2.44. The van der Waals surface area contributed by atoms with Crippen molar-refractivity contribution in [3.05, 3.63) is 48.6 Å². The van der Waals surface area contributed by atoms with Gasteiger partial charge < -0.3 is 39.4 Å². The summed E-state index contributed by atoms with van der Waals surface area (Å²) in [6, 6.07) is 0. The van der Waals surface area contributed by atoms with Gasteiger partial charge in [-0.1, -0.05) is 68.4 Å². The molecular weight excluding hydrogens is 504 g/mol. The van der Waals surface area contributed by atoms with Gasteiger partial charge in [0, 0.05) is 13.5 Å². The van der Waals surface area contributed by atoms with E-state index in [0.717, 1.165) is 25.7 Å². The zero-order valence-electron chi connectivity index (χ0n) is 23.6. The molecule has 0 spiro atoms. The van der Waals surface area contributed by atoms with Gasteiger partial charge in [-0.05, 0) is 44.9 Å². The van der Waals surface area contributed by atoms with Crippen LogP contribution in [0.5, 0.6) is 0 Å². The number of aliphatic hydroxyl groups excluding tert-OH is 4. The van der Waals surface area contributed by atoms with Crippen LogP contribution in [0.2, 0.25) is 0 Å². The molecule has 1 unspecified atom stereocenters. The van der Waals surface area contributed by atoms with Crippen molar-refractivity contribution in [1.82, 2.24) is 0 Å². The van der Waals surface area contributed by atoms with Gasteiger partial charge in [-0.2, -0.15) is 0 Å². The number of esters is 1. The van der Waals surface area contributed by atoms with Crippen LogP contribution in [0.1, 0.15) is 71.1 Å². The minimum absolute atomic E-state index is 0.0446. The Hall–Kier alpha value is -1.85. The molecule has 9 nitrogen and oxygen atoms in total. The maximum Gasteiger partial charge on any atom is 0.305 e. The number of rotatable bonds is 21. The molecule has 0 saturated carbocycles. The van der Waals surface area contributed by atoms with E-state index in [1.165, 1.54) is 32.8 Å². The topological polar surface area (TPSA) is 135 Å². The van der Waals surface area contributed by atoms with E-state index in [1.54, 1.807) is 0 Å². The second kappa shape index (κ2) is 22.9. The van der Waals surface area contributed by atoms with Gasteiger partial charge >= 0.3 is 5.97 Å². The van der Waals surface area contributed by atoms with Crippen LogP contribution in [0.4, 0.5) is 0 Å². The predicted octanol–water partition coefficient (Wildman–Crippen LogP) is 3.51. The molecule has 0 amide bonds. The zero-order chi connectivity index (χ0) is 28.7. The smallest absolute Gasteiger partial charge is 0.305 e. The first-order valence-electron chi connectivity index (χ1n) is 14.1. The molecule has 0 bridgehead atoms. The molecule has 1 aliphatic heterocycles. The summed E-state index contributed by atoms with van der Waals surface area (Å²) in [4.78, 5) is 12.0. The molecule has 0 aromatic heterocycles. The third-order valence-electron chi connectivity index (χ3n) is 6.27. The summed E-state index contributed by atoms with van der Waals surface area (Å²) in [7, 11) is 1.43. The van der Waals surface area contributed by atoms with Crippen molar-refractivity contribution in [1.29, 1.82) is 0 Å². The number of allylic oxidation sites excluding steroid dienone is 8. The molecule has 4 N–H and O–H groups in total. The predicted molar refractivity (Wildman–Crippen MR) is 150 cm³/mol. The molecule has 0 aromatic rings. The lowest BCUT2D eigenvalue weighted by Crippen LogP contribution is -2.59. The Morgan fingerprint density at radius 3 is 1.97 bits per heavy atom. The fraction of sp³-hybridized carbons (Fsp3) is 0.700. The normalized spacial score (nSPS) is 24.9. The van der Waals surface area contributed by atoms with Crippen LogP contribution in [0.15, 0.2) is 48.6 Å². The van der Waals surface area contributed by atoms with Gasteiger partial charge in [0.1, 0.15) is 37.1 Å². The summed E-state index contributed by atoms with van der Waals surface area (Å²) in [5, 5.41) is 38.9. The van der Waals surface area contributed by atoms with Gasteiger partial charge in [0.25, 0.3) is 0 Å². The summed E-state index contributed by atoms with van der Waals surface area (Å²) in [6.45, 7) is 1.54. The van der Waals surface area contributed by atoms with Crippen molar-refractivity contribution in [2.24, 2.45) is 0 Å². The van der Waals surface area contributed by atoms with Crippen molar-refractivity contribution in [3.8, 4) is 0 Å². The van der Waals surface area contributed by atoms with Gasteiger partial charge in [0.15, 0.2) is 6.29 Å². The molecule has 0 aliphatic carbocycles. The minimum atomic E-state index is -1.52. The third-order valence-corrected chi connectivity index (χ3v) is 6.27. The van der Waals surface area contributed by atoms with Gasteiger partial charge in [-0.3, -0.25) is 4.79 Å². The highest BCUT2D eigenvalue weighted by molar-refractivity contribution is 5.69. The van der Waals surface area contributed by atoms with E-state index in [1.807, 2.05) is 0 Å². The van der Waals surface area contributed by atoms with E-state index < -0.39 is 43.4 Å². The first kappa shape index (κ1) is 35.2. The quantitative estimate of drug-likeness (QED) is 0.0955. The molecule has 224 valence electrons. The van der Waals surface area contributed by atoms with Crippen LogP contribution in [-0.2, 0) is 23.7 Å². The zero-order valence-corrected chi connectivity index (χ0v) is 23.6. The van der Waals surface area contributed by atoms with Crippen molar-refractivity contribution in [2.45, 2.75) is 108 Å². The molecule has 0 radical (unpaired) electrons. The summed E-state index contributed by atoms with van der Waals surface area (Å²) in [6.07, 6.45) is 19.4. The van der Waals surface area contributed by atoms with E-state index >= 15 is 0 Å². The third kappa shape index (κ3) is 16.1. The molecule has 39 heavy (non-hydrogen) atoms. The summed E-state index contributed by atoms with van der Waals surface area (Å²) in [5.74, 6) is -0.347. The Morgan fingerprint density at radius 2 is 1.41 bits per heavy atom. The van der Waals surface area contributed by atoms with E-state index in [2.05, 4.69) is 55.5 Å². The number of methoxy groups -OCH3 is 1. The van der Waals surface area contributed by atoms with Crippen LogP contribution >= 0.6 is 0 Å². The highest BCUT2D eigenvalue weighted by Crippen LogP contribution is 2.22. The molecule has 6 atom stereocenters. The number of hydrogen-bond acceptors (Lipinski definition) is 9. The van der Waals surface area contributed by atoms with Gasteiger partial charge in [0.2, 0.25) is 0 Å². The van der Waals surface area contributed by atoms with Crippen LogP contribution in [0.25, 0.3) is 0 Å². The molecule has 1 rings (SSSR count). The van der Waals surface area contributed by atoms with Crippen molar-refractivity contribution in [2.75, 3.05) is 26.9 Å². The average molecular weight is 555 g/mol. The average Bonchev–Trinajstić information content (AvgIpc) is 2.94. The van der Waals surface area contributed by atoms with E-state index in [9.17, 15) is 25.2 Å². The van der Waals surface area contributed by atoms with Crippen LogP contribution in [0.3, 0.4) is 0 Å². The summed E-state index contributed by atoms with van der Waals surface area (Å²) < 4.78 is 21.2. The Bertz CT molecular complexity index is 732. The molecule has 1 saturated heterocycles. The highest BCUT2D eigenvalue weighted by atomic mass is 16.7. The minimum Gasteiger partial charge on any atom is -0.463 e. The van der Waals surface area contributed by atoms with Crippen LogP contribution in [-0.4, -0.2) is 90.1 Å². The first-order chi connectivity index (χ1) is 18.9. The molecule has 9 heteroatoms. The van der Waals surface area contributed by atoms with Gasteiger partial charge in [-0.15, -0.1) is 0 Å². The van der Waals surface area contributed by atoms with Crippen molar-refractivity contribution >= 4 is 5.97 Å². The SMILES string of the molecule is CCCCC/C=C\C/C=C\C/C=C\C/C=C\CCCC(=O)OCC(CO[C@@H]1O[C@H](CO)[C@@H](O)[C@H](O)[C@H]1O)OC. The standard InChI is InChI=1S/C30H50O9/c1-3-4-5-6-7-8-9-10-11-12-13-14-15-16-17-18-19-20-26(32)37-22-24(36-2)23-38-30-29(35)28(34)27(33)25(21-31)39-30/h7-8,10-11,13-14,16-17,24-25,27-31,33-35H,3-6,9,12,15,18-23H2,1-2H3/b8-7-,11-10-,14-13-,17-16-/t24?,25-,27-,28+,29-,30-/m1/s1. The lowest BCUT2D eigenvalue weighted by Gasteiger charge is -2.39. The Labute approximate surface area is 233 Å². The van der Waals surface area contributed by atoms with E-state index in [4.69, 9.17) is 18.9 Å². The largest absolute Gasteiger partial charge is 0.463 e. The Morgan fingerprint density at radius 1 is 0.821 bits per heavy atom. The Balaban J connectivity index is 2.11. The van der Waals surface area contributed by atoms with E-state index in [-0.39, 0.29) is 25.6 Å². The fourth-order valence-electron chi connectivity index (χ4n) is 3.77. The number of carbonyl (C=O) groups is 1. The number of aliphatic hydroxyl groups is 4. The monoisotopic (exact) mass is 554 g/mol. The van der Waals surface area contributed by atoms with Crippen molar-refractivity contribution < 1.29 is 44.2 Å². The van der Waals surface area contributed by atoms with Crippen LogP contribution in [0, 0.1) is 0 Å².